The number of carbonyl (C=O) groups is 1. The number of furan rings is 1. The number of nitrogens with two attached hydrogens (primary N) is 1. The molecule has 1 rings (SSSR count). The molecule has 3 N–H and O–H groups in total. The van der Waals surface area contributed by atoms with E-state index in [2.05, 4.69) is 5.32 Å². The minimum absolute atomic E-state index is 0.100. The lowest BCUT2D eigenvalue weighted by molar-refractivity contribution is -0.123. The summed E-state index contributed by atoms with van der Waals surface area (Å²) in [7, 11) is 0. The SMILES string of the molecule is CC(C)[C@@H](N)C(=O)NCCc1ccco1. The summed E-state index contributed by atoms with van der Waals surface area (Å²) in [4.78, 5) is 11.4. The molecule has 1 aromatic heterocycles. The van der Waals surface area contributed by atoms with Crippen LogP contribution in [0.2, 0.25) is 0 Å². The summed E-state index contributed by atoms with van der Waals surface area (Å²) in [6.45, 7) is 4.42. The zero-order chi connectivity index (χ0) is 11.3. The Morgan fingerprint density at radius 3 is 2.87 bits per heavy atom. The molecule has 15 heavy (non-hydrogen) atoms. The van der Waals surface area contributed by atoms with Crippen molar-refractivity contribution in [2.75, 3.05) is 6.54 Å². The number of rotatable bonds is 5. The standard InChI is InChI=1S/C11H18N2O2/c1-8(2)10(12)11(14)13-6-5-9-4-3-7-15-9/h3-4,7-8,10H,5-6,12H2,1-2H3,(H,13,14)/t10-/m1/s1. The van der Waals surface area contributed by atoms with Crippen LogP contribution in [0.5, 0.6) is 0 Å². The Kier molecular flexibility index (Phi) is 4.37. The molecule has 0 unspecified atom stereocenters. The third kappa shape index (κ3) is 3.75. The minimum atomic E-state index is -0.429. The van der Waals surface area contributed by atoms with Gasteiger partial charge in [0, 0.05) is 13.0 Å². The number of hydrogen-bond donors (Lipinski definition) is 2. The van der Waals surface area contributed by atoms with Crippen molar-refractivity contribution in [3.05, 3.63) is 24.2 Å². The Labute approximate surface area is 89.8 Å². The fourth-order valence-electron chi connectivity index (χ4n) is 1.18. The largest absolute Gasteiger partial charge is 0.469 e. The minimum Gasteiger partial charge on any atom is -0.469 e. The van der Waals surface area contributed by atoms with Gasteiger partial charge in [0.25, 0.3) is 0 Å². The molecular formula is C11H18N2O2. The van der Waals surface area contributed by atoms with E-state index in [1.165, 1.54) is 0 Å². The smallest absolute Gasteiger partial charge is 0.237 e. The van der Waals surface area contributed by atoms with E-state index in [4.69, 9.17) is 10.2 Å². The van der Waals surface area contributed by atoms with Crippen LogP contribution in [0.15, 0.2) is 22.8 Å². The molecule has 0 aromatic carbocycles. The molecule has 1 aromatic rings. The van der Waals surface area contributed by atoms with Crippen molar-refractivity contribution in [3.8, 4) is 0 Å². The lowest BCUT2D eigenvalue weighted by Crippen LogP contribution is -2.44. The summed E-state index contributed by atoms with van der Waals surface area (Å²) in [6, 6.07) is 3.28. The predicted octanol–water partition coefficient (Wildman–Crippen LogP) is 0.922. The maximum atomic E-state index is 11.4. The van der Waals surface area contributed by atoms with Crippen molar-refractivity contribution in [2.45, 2.75) is 26.3 Å². The molecule has 1 amide bonds. The van der Waals surface area contributed by atoms with E-state index in [9.17, 15) is 4.79 Å². The molecule has 0 saturated heterocycles. The van der Waals surface area contributed by atoms with Gasteiger partial charge in [-0.05, 0) is 18.1 Å². The number of nitrogens with one attached hydrogen (secondary N) is 1. The summed E-state index contributed by atoms with van der Waals surface area (Å²) in [5.74, 6) is 0.929. The molecular weight excluding hydrogens is 192 g/mol. The van der Waals surface area contributed by atoms with Gasteiger partial charge in [0.1, 0.15) is 5.76 Å². The highest BCUT2D eigenvalue weighted by atomic mass is 16.3. The molecule has 0 spiro atoms. The van der Waals surface area contributed by atoms with Gasteiger partial charge in [0.2, 0.25) is 5.91 Å². The Morgan fingerprint density at radius 1 is 1.60 bits per heavy atom. The topological polar surface area (TPSA) is 68.3 Å². The van der Waals surface area contributed by atoms with E-state index in [-0.39, 0.29) is 11.8 Å². The van der Waals surface area contributed by atoms with Crippen molar-refractivity contribution in [2.24, 2.45) is 11.7 Å². The molecule has 0 radical (unpaired) electrons. The van der Waals surface area contributed by atoms with Gasteiger partial charge >= 0.3 is 0 Å². The van der Waals surface area contributed by atoms with E-state index in [1.807, 2.05) is 26.0 Å². The summed E-state index contributed by atoms with van der Waals surface area (Å²) >= 11 is 0. The van der Waals surface area contributed by atoms with E-state index in [1.54, 1.807) is 6.26 Å². The van der Waals surface area contributed by atoms with Crippen molar-refractivity contribution in [1.82, 2.24) is 5.32 Å². The second-order valence-corrected chi connectivity index (χ2v) is 3.89. The summed E-state index contributed by atoms with van der Waals surface area (Å²) < 4.78 is 5.14. The first-order valence-corrected chi connectivity index (χ1v) is 5.17. The molecule has 4 nitrogen and oxygen atoms in total. The van der Waals surface area contributed by atoms with Gasteiger partial charge in [-0.2, -0.15) is 0 Å². The first-order valence-electron chi connectivity index (χ1n) is 5.17. The first kappa shape index (κ1) is 11.8. The molecule has 0 saturated carbocycles. The normalized spacial score (nSPS) is 12.8. The summed E-state index contributed by atoms with van der Waals surface area (Å²) in [5.41, 5.74) is 5.68. The lowest BCUT2D eigenvalue weighted by Gasteiger charge is -2.14. The Bertz CT molecular complexity index is 294. The highest BCUT2D eigenvalue weighted by molar-refractivity contribution is 5.81. The van der Waals surface area contributed by atoms with Crippen LogP contribution in [0, 0.1) is 5.92 Å². The van der Waals surface area contributed by atoms with Gasteiger partial charge in [0.05, 0.1) is 12.3 Å². The molecule has 4 heteroatoms. The van der Waals surface area contributed by atoms with Gasteiger partial charge in [-0.15, -0.1) is 0 Å². The fraction of sp³-hybridized carbons (Fsp3) is 0.545. The van der Waals surface area contributed by atoms with Gasteiger partial charge in [-0.1, -0.05) is 13.8 Å². The molecule has 0 aliphatic carbocycles. The maximum Gasteiger partial charge on any atom is 0.237 e. The Balaban J connectivity index is 2.23. The number of carbonyl (C=O) groups excluding carboxylic acids is 1. The monoisotopic (exact) mass is 210 g/mol. The molecule has 1 atom stereocenters. The fourth-order valence-corrected chi connectivity index (χ4v) is 1.18. The third-order valence-corrected chi connectivity index (χ3v) is 2.27. The molecule has 0 aliphatic rings. The third-order valence-electron chi connectivity index (χ3n) is 2.27. The van der Waals surface area contributed by atoms with E-state index >= 15 is 0 Å². The first-order chi connectivity index (χ1) is 7.11. The van der Waals surface area contributed by atoms with Crippen LogP contribution in [0.1, 0.15) is 19.6 Å². The van der Waals surface area contributed by atoms with E-state index < -0.39 is 6.04 Å². The van der Waals surface area contributed by atoms with Crippen LogP contribution in [0.3, 0.4) is 0 Å². The average molecular weight is 210 g/mol. The van der Waals surface area contributed by atoms with Crippen molar-refractivity contribution < 1.29 is 9.21 Å². The van der Waals surface area contributed by atoms with Crippen LogP contribution in [0.25, 0.3) is 0 Å². The van der Waals surface area contributed by atoms with Crippen molar-refractivity contribution in [1.29, 1.82) is 0 Å². The second-order valence-electron chi connectivity index (χ2n) is 3.89. The van der Waals surface area contributed by atoms with Crippen molar-refractivity contribution >= 4 is 5.91 Å². The molecule has 84 valence electrons. The van der Waals surface area contributed by atoms with Crippen LogP contribution in [-0.4, -0.2) is 18.5 Å². The predicted molar refractivity (Wildman–Crippen MR) is 58.2 cm³/mol. The number of hydrogen-bond acceptors (Lipinski definition) is 3. The molecule has 0 fully saturated rings. The zero-order valence-electron chi connectivity index (χ0n) is 9.19. The average Bonchev–Trinajstić information content (AvgIpc) is 2.69. The summed E-state index contributed by atoms with van der Waals surface area (Å²) in [5, 5.41) is 2.78. The number of amides is 1. The zero-order valence-corrected chi connectivity index (χ0v) is 9.19. The second kappa shape index (κ2) is 5.56. The summed E-state index contributed by atoms with van der Waals surface area (Å²) in [6.07, 6.45) is 2.32. The highest BCUT2D eigenvalue weighted by Gasteiger charge is 2.16. The van der Waals surface area contributed by atoms with E-state index in [0.717, 1.165) is 5.76 Å². The van der Waals surface area contributed by atoms with Crippen molar-refractivity contribution in [3.63, 3.8) is 0 Å². The van der Waals surface area contributed by atoms with Crippen LogP contribution < -0.4 is 11.1 Å². The van der Waals surface area contributed by atoms with Crippen LogP contribution in [0.4, 0.5) is 0 Å². The molecule has 1 heterocycles. The lowest BCUT2D eigenvalue weighted by atomic mass is 10.1. The van der Waals surface area contributed by atoms with Gasteiger partial charge in [-0.3, -0.25) is 4.79 Å². The van der Waals surface area contributed by atoms with E-state index in [0.29, 0.717) is 13.0 Å². The quantitative estimate of drug-likeness (QED) is 0.759. The molecule has 0 bridgehead atoms. The van der Waals surface area contributed by atoms with Gasteiger partial charge < -0.3 is 15.5 Å². The van der Waals surface area contributed by atoms with Gasteiger partial charge in [0.15, 0.2) is 0 Å². The van der Waals surface area contributed by atoms with Gasteiger partial charge in [-0.25, -0.2) is 0 Å². The van der Waals surface area contributed by atoms with Crippen LogP contribution in [-0.2, 0) is 11.2 Å². The van der Waals surface area contributed by atoms with Crippen LogP contribution >= 0.6 is 0 Å². The Hall–Kier alpha value is -1.29. The highest BCUT2D eigenvalue weighted by Crippen LogP contribution is 2.00. The Morgan fingerprint density at radius 2 is 2.33 bits per heavy atom. The maximum absolute atomic E-state index is 11.4. The molecule has 0 aliphatic heterocycles.